The smallest absolute Gasteiger partial charge is 0.417 e. The van der Waals surface area contributed by atoms with E-state index in [2.05, 4.69) is 13.8 Å². The number of amides is 2. The van der Waals surface area contributed by atoms with Crippen LogP contribution < -0.4 is 0 Å². The number of rotatable bonds is 5. The van der Waals surface area contributed by atoms with Crippen LogP contribution in [0.3, 0.4) is 0 Å². The van der Waals surface area contributed by atoms with E-state index in [-0.39, 0.29) is 36.8 Å². The molecular weight excluding hydrogens is 350 g/mol. The molecule has 0 spiro atoms. The zero-order valence-corrected chi connectivity index (χ0v) is 15.6. The summed E-state index contributed by atoms with van der Waals surface area (Å²) in [7, 11) is 0. The highest BCUT2D eigenvalue weighted by Gasteiger charge is 2.39. The Labute approximate surface area is 158 Å². The Morgan fingerprint density at radius 3 is 2.42 bits per heavy atom. The summed E-state index contributed by atoms with van der Waals surface area (Å²) in [5, 5.41) is 0.662. The van der Waals surface area contributed by atoms with E-state index in [1.165, 1.54) is 4.90 Å². The molecular formula is C21H22ClNO3. The van der Waals surface area contributed by atoms with E-state index in [0.29, 0.717) is 5.02 Å². The van der Waals surface area contributed by atoms with Crippen LogP contribution in [0.1, 0.15) is 43.4 Å². The molecule has 1 fully saturated rings. The molecule has 2 aromatic carbocycles. The number of halogens is 1. The lowest BCUT2D eigenvalue weighted by Gasteiger charge is -2.25. The maximum absolute atomic E-state index is 13.0. The second-order valence-electron chi connectivity index (χ2n) is 6.87. The van der Waals surface area contributed by atoms with Crippen molar-refractivity contribution in [2.45, 2.75) is 32.2 Å². The van der Waals surface area contributed by atoms with Gasteiger partial charge in [0.1, 0.15) is 12.6 Å². The largest absolute Gasteiger partial charge is 0.446 e. The summed E-state index contributed by atoms with van der Waals surface area (Å²) in [6.45, 7) is 4.34. The normalized spacial score (nSPS) is 18.1. The zero-order valence-electron chi connectivity index (χ0n) is 14.9. The molecule has 136 valence electrons. The van der Waals surface area contributed by atoms with Gasteiger partial charge in [-0.05, 0) is 35.1 Å². The molecule has 0 unspecified atom stereocenters. The molecule has 1 aliphatic rings. The number of hydrogen-bond donors (Lipinski definition) is 0. The van der Waals surface area contributed by atoms with Crippen molar-refractivity contribution in [2.75, 3.05) is 6.61 Å². The number of benzene rings is 2. The number of hydrogen-bond acceptors (Lipinski definition) is 3. The highest BCUT2D eigenvalue weighted by molar-refractivity contribution is 6.30. The van der Waals surface area contributed by atoms with Crippen molar-refractivity contribution in [3.63, 3.8) is 0 Å². The molecule has 0 aromatic heterocycles. The summed E-state index contributed by atoms with van der Waals surface area (Å²) in [5.41, 5.74) is 1.95. The first-order valence-corrected chi connectivity index (χ1v) is 9.14. The summed E-state index contributed by atoms with van der Waals surface area (Å²) in [4.78, 5) is 26.5. The average molecular weight is 372 g/mol. The van der Waals surface area contributed by atoms with Crippen LogP contribution in [0.2, 0.25) is 5.02 Å². The van der Waals surface area contributed by atoms with Gasteiger partial charge in [0.15, 0.2) is 0 Å². The van der Waals surface area contributed by atoms with Crippen molar-refractivity contribution < 1.29 is 14.3 Å². The summed E-state index contributed by atoms with van der Waals surface area (Å²) >= 11 is 5.97. The lowest BCUT2D eigenvalue weighted by atomic mass is 9.85. The maximum Gasteiger partial charge on any atom is 0.417 e. The standard InChI is InChI=1S/C21H22ClNO3/c1-14(2)18(15-8-10-17(22)11-9-15)12-20(24)23-19(13-26-21(23)25)16-6-4-3-5-7-16/h3-11,14,18-19H,12-13H2,1-2H3/t18-,19-/m1/s1. The minimum atomic E-state index is -0.567. The van der Waals surface area contributed by atoms with Crippen molar-refractivity contribution in [3.8, 4) is 0 Å². The molecule has 0 N–H and O–H groups in total. The van der Waals surface area contributed by atoms with Gasteiger partial charge in [0.05, 0.1) is 0 Å². The minimum absolute atomic E-state index is 0.00425. The Kier molecular flexibility index (Phi) is 5.62. The van der Waals surface area contributed by atoms with Crippen molar-refractivity contribution in [1.29, 1.82) is 0 Å². The molecule has 3 rings (SSSR count). The highest BCUT2D eigenvalue weighted by Crippen LogP contribution is 2.33. The fourth-order valence-corrected chi connectivity index (χ4v) is 3.48. The Hall–Kier alpha value is -2.33. The van der Waals surface area contributed by atoms with Gasteiger partial charge in [0.2, 0.25) is 5.91 Å². The van der Waals surface area contributed by atoms with Crippen LogP contribution in [0.5, 0.6) is 0 Å². The first-order chi connectivity index (χ1) is 12.5. The second-order valence-corrected chi connectivity index (χ2v) is 7.31. The summed E-state index contributed by atoms with van der Waals surface area (Å²) < 4.78 is 5.17. The Morgan fingerprint density at radius 1 is 1.15 bits per heavy atom. The molecule has 0 bridgehead atoms. The second kappa shape index (κ2) is 7.92. The van der Waals surface area contributed by atoms with Gasteiger partial charge >= 0.3 is 6.09 Å². The van der Waals surface area contributed by atoms with Crippen LogP contribution >= 0.6 is 11.6 Å². The number of carbonyl (C=O) groups is 2. The van der Waals surface area contributed by atoms with Gasteiger partial charge in [-0.3, -0.25) is 4.79 Å². The molecule has 0 radical (unpaired) electrons. The molecule has 0 saturated carbocycles. The number of nitrogens with zero attached hydrogens (tertiary/aromatic N) is 1. The Bertz CT molecular complexity index is 774. The predicted octanol–water partition coefficient (Wildman–Crippen LogP) is 5.19. The number of cyclic esters (lactones) is 1. The molecule has 2 amide bonds. The lowest BCUT2D eigenvalue weighted by Crippen LogP contribution is -2.35. The van der Waals surface area contributed by atoms with E-state index in [1.54, 1.807) is 0 Å². The van der Waals surface area contributed by atoms with Gasteiger partial charge in [-0.1, -0.05) is 67.9 Å². The maximum atomic E-state index is 13.0. The van der Waals surface area contributed by atoms with Crippen molar-refractivity contribution in [3.05, 3.63) is 70.7 Å². The van der Waals surface area contributed by atoms with Crippen LogP contribution in [-0.4, -0.2) is 23.5 Å². The van der Waals surface area contributed by atoms with Gasteiger partial charge in [-0.25, -0.2) is 9.69 Å². The SMILES string of the molecule is CC(C)[C@@H](CC(=O)N1C(=O)OC[C@@H]1c1ccccc1)c1ccc(Cl)cc1. The molecule has 0 aliphatic carbocycles. The quantitative estimate of drug-likeness (QED) is 0.726. The third kappa shape index (κ3) is 3.91. The van der Waals surface area contributed by atoms with Gasteiger partial charge in [0, 0.05) is 11.4 Å². The van der Waals surface area contributed by atoms with Gasteiger partial charge in [-0.2, -0.15) is 0 Å². The molecule has 4 nitrogen and oxygen atoms in total. The third-order valence-electron chi connectivity index (χ3n) is 4.82. The van der Waals surface area contributed by atoms with E-state index in [9.17, 15) is 9.59 Å². The molecule has 1 heterocycles. The van der Waals surface area contributed by atoms with E-state index in [1.807, 2.05) is 54.6 Å². The number of ether oxygens (including phenoxy) is 1. The van der Waals surface area contributed by atoms with Crippen molar-refractivity contribution in [1.82, 2.24) is 4.90 Å². The average Bonchev–Trinajstić information content (AvgIpc) is 3.02. The monoisotopic (exact) mass is 371 g/mol. The van der Waals surface area contributed by atoms with Crippen LogP contribution in [0.15, 0.2) is 54.6 Å². The van der Waals surface area contributed by atoms with Crippen molar-refractivity contribution >= 4 is 23.6 Å². The predicted molar refractivity (Wildman–Crippen MR) is 101 cm³/mol. The molecule has 5 heteroatoms. The first kappa shape index (κ1) is 18.5. The summed E-state index contributed by atoms with van der Waals surface area (Å²) in [6.07, 6.45) is -0.319. The van der Waals surface area contributed by atoms with Gasteiger partial charge in [0.25, 0.3) is 0 Å². The molecule has 2 atom stereocenters. The van der Waals surface area contributed by atoms with Gasteiger partial charge in [-0.15, -0.1) is 0 Å². The summed E-state index contributed by atoms with van der Waals surface area (Å²) in [6, 6.07) is 16.7. The van der Waals surface area contributed by atoms with Crippen LogP contribution in [0, 0.1) is 5.92 Å². The minimum Gasteiger partial charge on any atom is -0.446 e. The lowest BCUT2D eigenvalue weighted by molar-refractivity contribution is -0.129. The first-order valence-electron chi connectivity index (χ1n) is 8.76. The Balaban J connectivity index is 1.81. The Morgan fingerprint density at radius 2 is 1.81 bits per heavy atom. The number of imide groups is 1. The van der Waals surface area contributed by atoms with E-state index in [4.69, 9.17) is 16.3 Å². The number of carbonyl (C=O) groups excluding carboxylic acids is 2. The highest BCUT2D eigenvalue weighted by atomic mass is 35.5. The summed E-state index contributed by atoms with van der Waals surface area (Å²) in [5.74, 6) is 0.0357. The fourth-order valence-electron chi connectivity index (χ4n) is 3.35. The third-order valence-corrected chi connectivity index (χ3v) is 5.08. The molecule has 1 aliphatic heterocycles. The van der Waals surface area contributed by atoms with E-state index in [0.717, 1.165) is 11.1 Å². The van der Waals surface area contributed by atoms with E-state index >= 15 is 0 Å². The van der Waals surface area contributed by atoms with Gasteiger partial charge < -0.3 is 4.74 Å². The van der Waals surface area contributed by atoms with E-state index < -0.39 is 6.09 Å². The van der Waals surface area contributed by atoms with Crippen molar-refractivity contribution in [2.24, 2.45) is 5.92 Å². The van der Waals surface area contributed by atoms with Crippen LogP contribution in [-0.2, 0) is 9.53 Å². The van der Waals surface area contributed by atoms with Crippen LogP contribution in [0.4, 0.5) is 4.79 Å². The molecule has 2 aromatic rings. The molecule has 1 saturated heterocycles. The van der Waals surface area contributed by atoms with Crippen LogP contribution in [0.25, 0.3) is 0 Å². The zero-order chi connectivity index (χ0) is 18.7. The fraction of sp³-hybridized carbons (Fsp3) is 0.333. The topological polar surface area (TPSA) is 46.6 Å². The molecule has 26 heavy (non-hydrogen) atoms.